The van der Waals surface area contributed by atoms with Gasteiger partial charge in [-0.1, -0.05) is 12.1 Å². The second kappa shape index (κ2) is 8.85. The first-order chi connectivity index (χ1) is 14.6. The number of hydrogen-bond acceptors (Lipinski definition) is 4. The van der Waals surface area contributed by atoms with E-state index in [2.05, 4.69) is 69.2 Å². The lowest BCUT2D eigenvalue weighted by molar-refractivity contribution is 0.272. The van der Waals surface area contributed by atoms with Crippen LogP contribution in [-0.2, 0) is 0 Å². The zero-order valence-electron chi connectivity index (χ0n) is 17.5. The van der Waals surface area contributed by atoms with Crippen molar-refractivity contribution in [3.63, 3.8) is 0 Å². The van der Waals surface area contributed by atoms with Crippen LogP contribution in [0.15, 0.2) is 67.0 Å². The van der Waals surface area contributed by atoms with E-state index in [0.717, 1.165) is 41.0 Å². The largest absolute Gasteiger partial charge is 0.497 e. The normalized spacial score (nSPS) is 18.7. The summed E-state index contributed by atoms with van der Waals surface area (Å²) in [6, 6.07) is 18.4. The van der Waals surface area contributed by atoms with Gasteiger partial charge in [-0.15, -0.1) is 0 Å². The summed E-state index contributed by atoms with van der Waals surface area (Å²) < 4.78 is 7.65. The molecule has 1 aliphatic rings. The second-order valence-electron chi connectivity index (χ2n) is 7.63. The van der Waals surface area contributed by atoms with Gasteiger partial charge in [0, 0.05) is 42.9 Å². The molecule has 1 N–H and O–H groups in total. The summed E-state index contributed by atoms with van der Waals surface area (Å²) in [7, 11) is 5.85. The zero-order chi connectivity index (χ0) is 21.1. The Kier molecular flexibility index (Phi) is 6.01. The highest BCUT2D eigenvalue weighted by Gasteiger charge is 2.41. The van der Waals surface area contributed by atoms with Crippen molar-refractivity contribution in [2.75, 3.05) is 34.3 Å². The van der Waals surface area contributed by atoms with E-state index in [4.69, 9.17) is 17.0 Å². The number of benzene rings is 1. The van der Waals surface area contributed by atoms with Gasteiger partial charge in [0.25, 0.3) is 0 Å². The van der Waals surface area contributed by atoms with Gasteiger partial charge in [0.1, 0.15) is 5.75 Å². The summed E-state index contributed by atoms with van der Waals surface area (Å²) in [4.78, 5) is 9.08. The molecule has 4 rings (SSSR count). The molecular weight excluding hydrogens is 394 g/mol. The van der Waals surface area contributed by atoms with E-state index in [9.17, 15) is 0 Å². The number of aromatic nitrogens is 2. The Morgan fingerprint density at radius 2 is 2.00 bits per heavy atom. The molecule has 3 heterocycles. The number of nitrogens with one attached hydrogen (secondary N) is 1. The molecule has 156 valence electrons. The van der Waals surface area contributed by atoms with Gasteiger partial charge in [0.2, 0.25) is 0 Å². The minimum atomic E-state index is -0.0277. The summed E-state index contributed by atoms with van der Waals surface area (Å²) in [5, 5.41) is 4.28. The number of pyridine rings is 1. The fourth-order valence-corrected chi connectivity index (χ4v) is 4.24. The average molecular weight is 422 g/mol. The Morgan fingerprint density at radius 3 is 2.73 bits per heavy atom. The molecule has 0 spiro atoms. The molecule has 1 saturated heterocycles. The van der Waals surface area contributed by atoms with Gasteiger partial charge in [-0.2, -0.15) is 0 Å². The van der Waals surface area contributed by atoms with Crippen molar-refractivity contribution in [1.82, 2.24) is 24.7 Å². The predicted octanol–water partition coefficient (Wildman–Crippen LogP) is 3.42. The van der Waals surface area contributed by atoms with Crippen LogP contribution in [0.1, 0.15) is 23.5 Å². The quantitative estimate of drug-likeness (QED) is 0.590. The third kappa shape index (κ3) is 4.04. The number of nitrogens with zero attached hydrogens (tertiary/aromatic N) is 4. The van der Waals surface area contributed by atoms with E-state index in [1.807, 2.05) is 36.5 Å². The number of hydrogen-bond donors (Lipinski definition) is 1. The fraction of sp³-hybridized carbons (Fsp3) is 0.304. The Bertz CT molecular complexity index is 1000. The number of methoxy groups -OCH3 is 1. The lowest BCUT2D eigenvalue weighted by atomic mass is 10.0. The van der Waals surface area contributed by atoms with Crippen LogP contribution < -0.4 is 10.1 Å². The van der Waals surface area contributed by atoms with Gasteiger partial charge in [0.05, 0.1) is 24.9 Å². The molecule has 1 fully saturated rings. The van der Waals surface area contributed by atoms with Crippen LogP contribution >= 0.6 is 12.2 Å². The van der Waals surface area contributed by atoms with Crippen molar-refractivity contribution in [3.05, 3.63) is 78.4 Å². The molecule has 2 aromatic heterocycles. The van der Waals surface area contributed by atoms with E-state index >= 15 is 0 Å². The Balaban J connectivity index is 1.77. The van der Waals surface area contributed by atoms with Crippen molar-refractivity contribution < 1.29 is 4.74 Å². The lowest BCUT2D eigenvalue weighted by Crippen LogP contribution is -2.36. The molecule has 0 bridgehead atoms. The minimum Gasteiger partial charge on any atom is -0.497 e. The third-order valence-electron chi connectivity index (χ3n) is 5.40. The van der Waals surface area contributed by atoms with E-state index in [-0.39, 0.29) is 12.1 Å². The molecule has 0 radical (unpaired) electrons. The highest BCUT2D eigenvalue weighted by Crippen LogP contribution is 2.39. The highest BCUT2D eigenvalue weighted by molar-refractivity contribution is 7.80. The average Bonchev–Trinajstić information content (AvgIpc) is 3.37. The number of thiocarbonyl (C=S) groups is 1. The van der Waals surface area contributed by atoms with E-state index in [0.29, 0.717) is 0 Å². The molecule has 0 aliphatic carbocycles. The Hall–Kier alpha value is -2.90. The number of ether oxygens (including phenoxy) is 1. The number of rotatable bonds is 7. The standard InChI is InChI=1S/C23H27N5OS/c1-26(2)14-15-28-22(21(25-23(28)30)19-10-4-5-12-24-19)20-11-7-13-27(20)17-8-6-9-18(16-17)29-3/h4-13,16,21-22H,14-15H2,1-3H3,(H,25,30)/t21-,22-/m0/s1. The van der Waals surface area contributed by atoms with Crippen molar-refractivity contribution in [2.24, 2.45) is 0 Å². The first-order valence-electron chi connectivity index (χ1n) is 10.0. The van der Waals surface area contributed by atoms with Gasteiger partial charge in [-0.3, -0.25) is 4.98 Å². The van der Waals surface area contributed by atoms with Crippen molar-refractivity contribution in [2.45, 2.75) is 12.1 Å². The lowest BCUT2D eigenvalue weighted by Gasteiger charge is -2.29. The molecule has 3 aromatic rings. The molecule has 7 heteroatoms. The number of likely N-dealkylation sites (N-methyl/N-ethyl adjacent to an activating group) is 1. The van der Waals surface area contributed by atoms with Gasteiger partial charge in [-0.25, -0.2) is 0 Å². The van der Waals surface area contributed by atoms with Crippen molar-refractivity contribution in [3.8, 4) is 11.4 Å². The van der Waals surface area contributed by atoms with E-state index in [1.54, 1.807) is 7.11 Å². The molecule has 0 unspecified atom stereocenters. The summed E-state index contributed by atoms with van der Waals surface area (Å²) in [5.74, 6) is 0.831. The van der Waals surface area contributed by atoms with Gasteiger partial charge in [-0.05, 0) is 62.7 Å². The zero-order valence-corrected chi connectivity index (χ0v) is 18.3. The topological polar surface area (TPSA) is 45.6 Å². The van der Waals surface area contributed by atoms with Crippen LogP contribution in [0.2, 0.25) is 0 Å². The van der Waals surface area contributed by atoms with Crippen LogP contribution in [0, 0.1) is 0 Å². The maximum absolute atomic E-state index is 5.76. The van der Waals surface area contributed by atoms with E-state index in [1.165, 1.54) is 0 Å². The van der Waals surface area contributed by atoms with Crippen LogP contribution in [0.4, 0.5) is 0 Å². The molecule has 0 saturated carbocycles. The maximum atomic E-state index is 5.76. The van der Waals surface area contributed by atoms with Crippen molar-refractivity contribution >= 4 is 17.3 Å². The first-order valence-corrected chi connectivity index (χ1v) is 10.4. The molecule has 6 nitrogen and oxygen atoms in total. The molecule has 0 amide bonds. The first kappa shape index (κ1) is 20.4. The molecule has 2 atom stereocenters. The van der Waals surface area contributed by atoms with Gasteiger partial charge >= 0.3 is 0 Å². The van der Waals surface area contributed by atoms with Crippen molar-refractivity contribution in [1.29, 1.82) is 0 Å². The van der Waals surface area contributed by atoms with Crippen LogP contribution in [0.25, 0.3) is 5.69 Å². The summed E-state index contributed by atoms with van der Waals surface area (Å²) in [6.45, 7) is 1.74. The monoisotopic (exact) mass is 421 g/mol. The van der Waals surface area contributed by atoms with E-state index < -0.39 is 0 Å². The Labute approximate surface area is 183 Å². The summed E-state index contributed by atoms with van der Waals surface area (Å²) in [5.41, 5.74) is 3.19. The molecule has 1 aliphatic heterocycles. The summed E-state index contributed by atoms with van der Waals surface area (Å²) >= 11 is 5.76. The summed E-state index contributed by atoms with van der Waals surface area (Å²) in [6.07, 6.45) is 3.92. The fourth-order valence-electron chi connectivity index (χ4n) is 3.91. The second-order valence-corrected chi connectivity index (χ2v) is 8.01. The van der Waals surface area contributed by atoms with Crippen LogP contribution in [0.3, 0.4) is 0 Å². The predicted molar refractivity (Wildman–Crippen MR) is 123 cm³/mol. The maximum Gasteiger partial charge on any atom is 0.170 e. The minimum absolute atomic E-state index is 0.0218. The van der Waals surface area contributed by atoms with Crippen LogP contribution in [-0.4, -0.2) is 58.8 Å². The SMILES string of the molecule is COc1cccc(-n2cccc2[C@H]2[C@H](c3ccccn3)NC(=S)N2CCN(C)C)c1. The van der Waals surface area contributed by atoms with Gasteiger partial charge in [0.15, 0.2) is 5.11 Å². The Morgan fingerprint density at radius 1 is 1.13 bits per heavy atom. The van der Waals surface area contributed by atoms with Gasteiger partial charge < -0.3 is 24.4 Å². The molecule has 30 heavy (non-hydrogen) atoms. The molecule has 1 aromatic carbocycles. The molecular formula is C23H27N5OS. The van der Waals surface area contributed by atoms with Crippen LogP contribution in [0.5, 0.6) is 5.75 Å². The highest BCUT2D eigenvalue weighted by atomic mass is 32.1. The smallest absolute Gasteiger partial charge is 0.170 e. The third-order valence-corrected chi connectivity index (χ3v) is 5.75.